The number of benzene rings is 1. The normalized spacial score (nSPS) is 10.1. The second-order valence-electron chi connectivity index (χ2n) is 3.29. The van der Waals surface area contributed by atoms with E-state index >= 15 is 0 Å². The molecule has 0 spiro atoms. The van der Waals surface area contributed by atoms with Gasteiger partial charge < -0.3 is 10.5 Å². The molecule has 0 radical (unpaired) electrons. The van der Waals surface area contributed by atoms with Crippen molar-refractivity contribution in [2.45, 2.75) is 6.92 Å². The van der Waals surface area contributed by atoms with E-state index in [2.05, 4.69) is 25.9 Å². The lowest BCUT2D eigenvalue weighted by molar-refractivity contribution is 0.458. The third-order valence-corrected chi connectivity index (χ3v) is 2.52. The van der Waals surface area contributed by atoms with Gasteiger partial charge in [0.15, 0.2) is 0 Å². The summed E-state index contributed by atoms with van der Waals surface area (Å²) in [6.07, 6.45) is 1.37. The van der Waals surface area contributed by atoms with Crippen molar-refractivity contribution in [1.82, 2.24) is 9.97 Å². The molecule has 0 bridgehead atoms. The van der Waals surface area contributed by atoms with E-state index in [1.807, 2.05) is 25.1 Å². The average molecular weight is 280 g/mol. The Labute approximate surface area is 102 Å². The van der Waals surface area contributed by atoms with Gasteiger partial charge in [-0.25, -0.2) is 9.97 Å². The molecule has 1 aromatic carbocycles. The van der Waals surface area contributed by atoms with E-state index in [4.69, 9.17) is 10.5 Å². The Morgan fingerprint density at radius 1 is 1.25 bits per heavy atom. The maximum Gasteiger partial charge on any atom is 0.224 e. The van der Waals surface area contributed by atoms with Crippen molar-refractivity contribution in [2.24, 2.45) is 0 Å². The van der Waals surface area contributed by atoms with Gasteiger partial charge >= 0.3 is 0 Å². The number of aryl methyl sites for hydroxylation is 1. The van der Waals surface area contributed by atoms with Gasteiger partial charge in [0, 0.05) is 10.5 Å². The molecule has 0 unspecified atom stereocenters. The summed E-state index contributed by atoms with van der Waals surface area (Å²) < 4.78 is 6.56. The molecule has 82 valence electrons. The van der Waals surface area contributed by atoms with Crippen LogP contribution in [0.15, 0.2) is 35.1 Å². The molecular weight excluding hydrogens is 270 g/mol. The SMILES string of the molecule is Cc1ccc(Br)cc1Oc1cc(N)ncn1. The largest absolute Gasteiger partial charge is 0.439 e. The molecule has 2 rings (SSSR count). The second-order valence-corrected chi connectivity index (χ2v) is 4.21. The number of nitrogens with zero attached hydrogens (tertiary/aromatic N) is 2. The van der Waals surface area contributed by atoms with Crippen molar-refractivity contribution in [3.05, 3.63) is 40.6 Å². The molecule has 4 nitrogen and oxygen atoms in total. The van der Waals surface area contributed by atoms with E-state index in [1.165, 1.54) is 6.33 Å². The van der Waals surface area contributed by atoms with Gasteiger partial charge in [-0.1, -0.05) is 22.0 Å². The molecule has 2 N–H and O–H groups in total. The van der Waals surface area contributed by atoms with Crippen molar-refractivity contribution >= 4 is 21.7 Å². The van der Waals surface area contributed by atoms with Crippen LogP contribution in [0.5, 0.6) is 11.6 Å². The van der Waals surface area contributed by atoms with Gasteiger partial charge in [-0.15, -0.1) is 0 Å². The molecule has 0 aliphatic rings. The highest BCUT2D eigenvalue weighted by Crippen LogP contribution is 2.27. The summed E-state index contributed by atoms with van der Waals surface area (Å²) in [7, 11) is 0. The monoisotopic (exact) mass is 279 g/mol. The van der Waals surface area contributed by atoms with Gasteiger partial charge in [0.25, 0.3) is 0 Å². The number of ether oxygens (including phenoxy) is 1. The maximum absolute atomic E-state index is 5.61. The Balaban J connectivity index is 2.30. The van der Waals surface area contributed by atoms with Crippen molar-refractivity contribution in [3.8, 4) is 11.6 Å². The summed E-state index contributed by atoms with van der Waals surface area (Å²) in [5.74, 6) is 1.57. The zero-order valence-corrected chi connectivity index (χ0v) is 10.2. The van der Waals surface area contributed by atoms with E-state index in [9.17, 15) is 0 Å². The summed E-state index contributed by atoms with van der Waals surface area (Å²) >= 11 is 3.39. The van der Waals surface area contributed by atoms with Gasteiger partial charge in [0.2, 0.25) is 5.88 Å². The van der Waals surface area contributed by atoms with Crippen LogP contribution in [0.3, 0.4) is 0 Å². The van der Waals surface area contributed by atoms with Crippen LogP contribution in [0.25, 0.3) is 0 Å². The first kappa shape index (κ1) is 10.9. The van der Waals surface area contributed by atoms with E-state index in [-0.39, 0.29) is 0 Å². The van der Waals surface area contributed by atoms with Gasteiger partial charge in [-0.2, -0.15) is 0 Å². The fourth-order valence-electron chi connectivity index (χ4n) is 1.21. The van der Waals surface area contributed by atoms with Crippen LogP contribution >= 0.6 is 15.9 Å². The Hall–Kier alpha value is -1.62. The van der Waals surface area contributed by atoms with E-state index in [1.54, 1.807) is 6.07 Å². The van der Waals surface area contributed by atoms with Crippen LogP contribution in [0.1, 0.15) is 5.56 Å². The molecule has 0 amide bonds. The van der Waals surface area contributed by atoms with Crippen molar-refractivity contribution in [3.63, 3.8) is 0 Å². The highest BCUT2D eigenvalue weighted by molar-refractivity contribution is 9.10. The first-order chi connectivity index (χ1) is 7.65. The third kappa shape index (κ3) is 2.49. The molecule has 2 aromatic rings. The molecule has 1 heterocycles. The number of hydrogen-bond donors (Lipinski definition) is 1. The molecule has 0 atom stereocenters. The third-order valence-electron chi connectivity index (χ3n) is 2.03. The summed E-state index contributed by atoms with van der Waals surface area (Å²) in [5, 5.41) is 0. The Kier molecular flexibility index (Phi) is 3.05. The van der Waals surface area contributed by atoms with Crippen LogP contribution in [0.2, 0.25) is 0 Å². The zero-order chi connectivity index (χ0) is 11.5. The predicted octanol–water partition coefficient (Wildman–Crippen LogP) is 2.92. The average Bonchev–Trinajstić information content (AvgIpc) is 2.24. The highest BCUT2D eigenvalue weighted by atomic mass is 79.9. The Morgan fingerprint density at radius 3 is 2.81 bits per heavy atom. The number of nitrogen functional groups attached to an aromatic ring is 1. The fourth-order valence-corrected chi connectivity index (χ4v) is 1.55. The number of aromatic nitrogens is 2. The van der Waals surface area contributed by atoms with E-state index in [0.717, 1.165) is 15.8 Å². The number of anilines is 1. The first-order valence-electron chi connectivity index (χ1n) is 4.66. The summed E-state index contributed by atoms with van der Waals surface area (Å²) in [4.78, 5) is 7.78. The number of halogens is 1. The maximum atomic E-state index is 5.61. The molecule has 16 heavy (non-hydrogen) atoms. The van der Waals surface area contributed by atoms with Crippen molar-refractivity contribution in [2.75, 3.05) is 5.73 Å². The lowest BCUT2D eigenvalue weighted by atomic mass is 10.2. The minimum atomic E-state index is 0.387. The second kappa shape index (κ2) is 4.49. The lowest BCUT2D eigenvalue weighted by Gasteiger charge is -2.07. The molecule has 5 heteroatoms. The molecule has 0 aliphatic heterocycles. The zero-order valence-electron chi connectivity index (χ0n) is 8.64. The van der Waals surface area contributed by atoms with Crippen LogP contribution in [-0.2, 0) is 0 Å². The predicted molar refractivity (Wildman–Crippen MR) is 65.4 cm³/mol. The van der Waals surface area contributed by atoms with Gasteiger partial charge in [0.1, 0.15) is 17.9 Å². The van der Waals surface area contributed by atoms with Crippen LogP contribution in [0.4, 0.5) is 5.82 Å². The van der Waals surface area contributed by atoms with Gasteiger partial charge in [0.05, 0.1) is 0 Å². The van der Waals surface area contributed by atoms with Gasteiger partial charge in [-0.3, -0.25) is 0 Å². The molecule has 0 saturated heterocycles. The minimum Gasteiger partial charge on any atom is -0.439 e. The van der Waals surface area contributed by atoms with E-state index < -0.39 is 0 Å². The Morgan fingerprint density at radius 2 is 2.06 bits per heavy atom. The fraction of sp³-hybridized carbons (Fsp3) is 0.0909. The molecule has 0 fully saturated rings. The minimum absolute atomic E-state index is 0.387. The van der Waals surface area contributed by atoms with Gasteiger partial charge in [-0.05, 0) is 24.6 Å². The highest BCUT2D eigenvalue weighted by Gasteiger charge is 2.03. The standard InChI is InChI=1S/C11H10BrN3O/c1-7-2-3-8(12)4-9(7)16-11-5-10(13)14-6-15-11/h2-6H,1H3,(H2,13,14,15). The number of rotatable bonds is 2. The van der Waals surface area contributed by atoms with Crippen LogP contribution in [-0.4, -0.2) is 9.97 Å². The summed E-state index contributed by atoms with van der Waals surface area (Å²) in [5.41, 5.74) is 6.57. The topological polar surface area (TPSA) is 61.0 Å². The lowest BCUT2D eigenvalue weighted by Crippen LogP contribution is -1.94. The molecule has 1 aromatic heterocycles. The van der Waals surface area contributed by atoms with Crippen LogP contribution in [0, 0.1) is 6.92 Å². The van der Waals surface area contributed by atoms with Crippen molar-refractivity contribution < 1.29 is 4.74 Å². The molecule has 0 aliphatic carbocycles. The molecule has 0 saturated carbocycles. The smallest absolute Gasteiger partial charge is 0.224 e. The van der Waals surface area contributed by atoms with Crippen molar-refractivity contribution in [1.29, 1.82) is 0 Å². The first-order valence-corrected chi connectivity index (χ1v) is 5.46. The summed E-state index contributed by atoms with van der Waals surface area (Å²) in [6.45, 7) is 1.96. The van der Waals surface area contributed by atoms with E-state index in [0.29, 0.717) is 11.7 Å². The Bertz CT molecular complexity index is 516. The van der Waals surface area contributed by atoms with Crippen LogP contribution < -0.4 is 10.5 Å². The summed E-state index contributed by atoms with van der Waals surface area (Å²) in [6, 6.07) is 7.38. The number of hydrogen-bond acceptors (Lipinski definition) is 4. The quantitative estimate of drug-likeness (QED) is 0.918. The molecular formula is C11H10BrN3O. The number of nitrogens with two attached hydrogens (primary N) is 1.